The van der Waals surface area contributed by atoms with Gasteiger partial charge in [-0.05, 0) is 18.1 Å². The molecule has 164 valence electrons. The number of thiophene rings is 1. The van der Waals surface area contributed by atoms with Gasteiger partial charge < -0.3 is 5.73 Å². The van der Waals surface area contributed by atoms with Crippen LogP contribution < -0.4 is 17.0 Å². The van der Waals surface area contributed by atoms with Gasteiger partial charge in [0.05, 0.1) is 10.9 Å². The SMILES string of the molecule is CC(C)Cn1c(N)c(C(=O)CN2CCN(Cc3ccc(Cl)s3)CC2)c(=O)n(C)c1=O. The second-order valence-electron chi connectivity index (χ2n) is 8.09. The summed E-state index contributed by atoms with van der Waals surface area (Å²) in [6.45, 7) is 8.28. The first-order valence-corrected chi connectivity index (χ1v) is 11.2. The monoisotopic (exact) mass is 453 g/mol. The van der Waals surface area contributed by atoms with Crippen LogP contribution in [0.25, 0.3) is 0 Å². The maximum absolute atomic E-state index is 13.0. The van der Waals surface area contributed by atoms with Crippen molar-refractivity contribution in [1.82, 2.24) is 18.9 Å². The molecule has 1 aliphatic rings. The molecule has 1 saturated heterocycles. The Bertz CT molecular complexity index is 1030. The molecule has 0 aliphatic carbocycles. The number of aromatic nitrogens is 2. The highest BCUT2D eigenvalue weighted by atomic mass is 35.5. The standard InChI is InChI=1S/C20H28ClN5O3S/c1-13(2)10-26-18(22)17(19(28)23(3)20(26)29)15(27)12-25-8-6-24(7-9-25)11-14-4-5-16(21)30-14/h4-5,13H,6-12,22H2,1-3H3. The van der Waals surface area contributed by atoms with Crippen LogP contribution in [0.5, 0.6) is 0 Å². The number of halogens is 1. The number of carbonyl (C=O) groups is 1. The van der Waals surface area contributed by atoms with E-state index in [0.717, 1.165) is 41.6 Å². The number of piperazine rings is 1. The molecule has 0 radical (unpaired) electrons. The summed E-state index contributed by atoms with van der Waals surface area (Å²) in [6.07, 6.45) is 0. The van der Waals surface area contributed by atoms with Gasteiger partial charge in [-0.3, -0.25) is 28.5 Å². The lowest BCUT2D eigenvalue weighted by atomic mass is 10.1. The summed E-state index contributed by atoms with van der Waals surface area (Å²) >= 11 is 7.58. The Hall–Kier alpha value is -1.94. The van der Waals surface area contributed by atoms with Crippen molar-refractivity contribution in [2.45, 2.75) is 26.9 Å². The van der Waals surface area contributed by atoms with Gasteiger partial charge in [-0.2, -0.15) is 0 Å². The lowest BCUT2D eigenvalue weighted by Crippen LogP contribution is -2.49. The molecule has 1 aliphatic heterocycles. The molecule has 8 nitrogen and oxygen atoms in total. The third kappa shape index (κ3) is 5.03. The molecular formula is C20H28ClN5O3S. The van der Waals surface area contributed by atoms with E-state index in [0.29, 0.717) is 6.54 Å². The lowest BCUT2D eigenvalue weighted by molar-refractivity contribution is 0.0843. The fraction of sp³-hybridized carbons (Fsp3) is 0.550. The fourth-order valence-corrected chi connectivity index (χ4v) is 4.76. The Kier molecular flexibility index (Phi) is 7.18. The second-order valence-corrected chi connectivity index (χ2v) is 9.89. The van der Waals surface area contributed by atoms with Crippen LogP contribution in [0.4, 0.5) is 5.82 Å². The Morgan fingerprint density at radius 1 is 1.17 bits per heavy atom. The van der Waals surface area contributed by atoms with Gasteiger partial charge in [0.15, 0.2) is 5.78 Å². The van der Waals surface area contributed by atoms with Crippen LogP contribution >= 0.6 is 22.9 Å². The Labute approximate surface area is 184 Å². The van der Waals surface area contributed by atoms with Gasteiger partial charge in [-0.1, -0.05) is 25.4 Å². The molecule has 3 rings (SSSR count). The van der Waals surface area contributed by atoms with Crippen LogP contribution in [-0.2, 0) is 20.1 Å². The zero-order valence-electron chi connectivity index (χ0n) is 17.6. The molecule has 2 N–H and O–H groups in total. The number of hydrogen-bond acceptors (Lipinski definition) is 7. The topological polar surface area (TPSA) is 93.6 Å². The van der Waals surface area contributed by atoms with Gasteiger partial charge >= 0.3 is 5.69 Å². The molecule has 0 unspecified atom stereocenters. The van der Waals surface area contributed by atoms with E-state index >= 15 is 0 Å². The smallest absolute Gasteiger partial charge is 0.332 e. The number of nitrogen functional groups attached to an aromatic ring is 1. The number of hydrogen-bond donors (Lipinski definition) is 1. The molecule has 0 saturated carbocycles. The molecule has 2 aromatic heterocycles. The summed E-state index contributed by atoms with van der Waals surface area (Å²) in [5, 5.41) is 0. The van der Waals surface area contributed by atoms with E-state index in [1.54, 1.807) is 11.3 Å². The van der Waals surface area contributed by atoms with Crippen molar-refractivity contribution in [3.63, 3.8) is 0 Å². The summed E-state index contributed by atoms with van der Waals surface area (Å²) in [4.78, 5) is 43.5. The molecule has 30 heavy (non-hydrogen) atoms. The summed E-state index contributed by atoms with van der Waals surface area (Å²) in [7, 11) is 1.38. The number of ketones is 1. The molecule has 0 atom stereocenters. The van der Waals surface area contributed by atoms with Crippen LogP contribution in [0, 0.1) is 5.92 Å². The molecule has 1 fully saturated rings. The second kappa shape index (κ2) is 9.47. The van der Waals surface area contributed by atoms with Crippen molar-refractivity contribution >= 4 is 34.5 Å². The van der Waals surface area contributed by atoms with Crippen molar-refractivity contribution < 1.29 is 4.79 Å². The first-order chi connectivity index (χ1) is 14.2. The summed E-state index contributed by atoms with van der Waals surface area (Å²) in [5.74, 6) is -0.226. The first-order valence-electron chi connectivity index (χ1n) is 9.98. The van der Waals surface area contributed by atoms with Crippen molar-refractivity contribution in [2.24, 2.45) is 13.0 Å². The highest BCUT2D eigenvalue weighted by Crippen LogP contribution is 2.23. The normalized spacial score (nSPS) is 15.8. The quantitative estimate of drug-likeness (QED) is 0.638. The van der Waals surface area contributed by atoms with E-state index in [1.165, 1.54) is 16.5 Å². The van der Waals surface area contributed by atoms with Gasteiger partial charge in [0, 0.05) is 51.2 Å². The van der Waals surface area contributed by atoms with Gasteiger partial charge in [-0.15, -0.1) is 11.3 Å². The molecule has 2 aromatic rings. The predicted molar refractivity (Wildman–Crippen MR) is 121 cm³/mol. The Morgan fingerprint density at radius 2 is 1.80 bits per heavy atom. The van der Waals surface area contributed by atoms with E-state index in [4.69, 9.17) is 17.3 Å². The van der Waals surface area contributed by atoms with Crippen LogP contribution in [-0.4, -0.2) is 57.4 Å². The largest absolute Gasteiger partial charge is 0.384 e. The van der Waals surface area contributed by atoms with Gasteiger partial charge in [0.25, 0.3) is 5.56 Å². The van der Waals surface area contributed by atoms with Crippen molar-refractivity contribution in [2.75, 3.05) is 38.5 Å². The Morgan fingerprint density at radius 3 is 2.37 bits per heavy atom. The summed E-state index contributed by atoms with van der Waals surface area (Å²) in [6, 6.07) is 3.94. The van der Waals surface area contributed by atoms with E-state index in [2.05, 4.69) is 4.90 Å². The van der Waals surface area contributed by atoms with Gasteiger partial charge in [-0.25, -0.2) is 4.79 Å². The van der Waals surface area contributed by atoms with Gasteiger partial charge in [0.1, 0.15) is 11.4 Å². The van der Waals surface area contributed by atoms with E-state index in [9.17, 15) is 14.4 Å². The average molecular weight is 454 g/mol. The number of rotatable bonds is 7. The highest BCUT2D eigenvalue weighted by Gasteiger charge is 2.25. The van der Waals surface area contributed by atoms with Crippen LogP contribution in [0.15, 0.2) is 21.7 Å². The van der Waals surface area contributed by atoms with Crippen LogP contribution in [0.3, 0.4) is 0 Å². The number of carbonyl (C=O) groups excluding carboxylic acids is 1. The molecule has 0 spiro atoms. The third-order valence-electron chi connectivity index (χ3n) is 5.25. The van der Waals surface area contributed by atoms with Gasteiger partial charge in [0.2, 0.25) is 0 Å². The minimum atomic E-state index is -0.629. The lowest BCUT2D eigenvalue weighted by Gasteiger charge is -2.34. The minimum absolute atomic E-state index is 0.0324. The van der Waals surface area contributed by atoms with Crippen LogP contribution in [0.2, 0.25) is 4.34 Å². The molecule has 0 bridgehead atoms. The zero-order valence-corrected chi connectivity index (χ0v) is 19.1. The van der Waals surface area contributed by atoms with Crippen molar-refractivity contribution in [3.8, 4) is 0 Å². The summed E-state index contributed by atoms with van der Waals surface area (Å²) < 4.78 is 3.08. The zero-order chi connectivity index (χ0) is 22.0. The number of Topliss-reactive ketones (excluding diaryl/α,β-unsaturated/α-hetero) is 1. The van der Waals surface area contributed by atoms with Crippen molar-refractivity contribution in [1.29, 1.82) is 0 Å². The molecule has 10 heteroatoms. The molecule has 0 aromatic carbocycles. The van der Waals surface area contributed by atoms with E-state index in [-0.39, 0.29) is 29.6 Å². The van der Waals surface area contributed by atoms with E-state index in [1.807, 2.05) is 30.9 Å². The number of anilines is 1. The van der Waals surface area contributed by atoms with Crippen LogP contribution in [0.1, 0.15) is 29.1 Å². The Balaban J connectivity index is 1.69. The molecule has 3 heterocycles. The average Bonchev–Trinajstić information content (AvgIpc) is 3.10. The summed E-state index contributed by atoms with van der Waals surface area (Å²) in [5.41, 5.74) is 4.90. The number of nitrogens with two attached hydrogens (primary N) is 1. The van der Waals surface area contributed by atoms with E-state index < -0.39 is 11.2 Å². The maximum Gasteiger partial charge on any atom is 0.332 e. The first kappa shape index (κ1) is 22.7. The third-order valence-corrected chi connectivity index (χ3v) is 6.47. The highest BCUT2D eigenvalue weighted by molar-refractivity contribution is 7.16. The predicted octanol–water partition coefficient (Wildman–Crippen LogP) is 1.50. The fourth-order valence-electron chi connectivity index (χ4n) is 3.63. The molecular weight excluding hydrogens is 426 g/mol. The minimum Gasteiger partial charge on any atom is -0.384 e. The maximum atomic E-state index is 13.0. The molecule has 0 amide bonds. The van der Waals surface area contributed by atoms with Crippen molar-refractivity contribution in [3.05, 3.63) is 47.7 Å². The number of nitrogens with zero attached hydrogens (tertiary/aromatic N) is 4.